The molecule has 1 unspecified atom stereocenters. The summed E-state index contributed by atoms with van der Waals surface area (Å²) in [6, 6.07) is 22.4. The maximum absolute atomic E-state index is 14.2. The van der Waals surface area contributed by atoms with Gasteiger partial charge in [-0.05, 0) is 67.0 Å². The molecule has 0 aromatic heterocycles. The number of hydrogen-bond acceptors (Lipinski definition) is 4. The average molecular weight is 506 g/mol. The zero-order valence-corrected chi connectivity index (χ0v) is 20.8. The normalized spacial score (nSPS) is 15.3. The van der Waals surface area contributed by atoms with Crippen molar-refractivity contribution in [1.29, 1.82) is 0 Å². The van der Waals surface area contributed by atoms with Crippen molar-refractivity contribution < 1.29 is 18.7 Å². The predicted octanol–water partition coefficient (Wildman–Crippen LogP) is 4.79. The molecule has 1 fully saturated rings. The molecule has 1 N–H and O–H groups in total. The molecule has 1 atom stereocenters. The Bertz CT molecular complexity index is 1220. The minimum Gasteiger partial charge on any atom is -0.494 e. The second kappa shape index (κ2) is 11.8. The monoisotopic (exact) mass is 505 g/mol. The van der Waals surface area contributed by atoms with E-state index in [9.17, 15) is 14.0 Å². The van der Waals surface area contributed by atoms with Gasteiger partial charge in [0.25, 0.3) is 5.91 Å². The second-order valence-corrected chi connectivity index (χ2v) is 8.82. The number of carbonyl (C=O) groups excluding carboxylic acids is 2. The third-order valence-corrected chi connectivity index (χ3v) is 6.45. The van der Waals surface area contributed by atoms with Gasteiger partial charge in [-0.1, -0.05) is 48.5 Å². The third-order valence-electron chi connectivity index (χ3n) is 6.00. The third kappa shape index (κ3) is 6.07. The van der Waals surface area contributed by atoms with Gasteiger partial charge < -0.3 is 15.0 Å². The van der Waals surface area contributed by atoms with Crippen LogP contribution in [0.15, 0.2) is 78.9 Å². The van der Waals surface area contributed by atoms with Crippen LogP contribution in [0.2, 0.25) is 0 Å². The molecule has 3 aromatic rings. The Labute approximate surface area is 215 Å². The van der Waals surface area contributed by atoms with Gasteiger partial charge in [0.1, 0.15) is 17.6 Å². The van der Waals surface area contributed by atoms with Crippen LogP contribution in [0.4, 0.5) is 10.1 Å². The van der Waals surface area contributed by atoms with Gasteiger partial charge in [-0.25, -0.2) is 4.39 Å². The Morgan fingerprint density at radius 1 is 1.03 bits per heavy atom. The van der Waals surface area contributed by atoms with Crippen LogP contribution in [0.25, 0.3) is 0 Å². The first-order valence-electron chi connectivity index (χ1n) is 11.9. The first-order valence-corrected chi connectivity index (χ1v) is 12.3. The molecule has 3 aromatic carbocycles. The van der Waals surface area contributed by atoms with Gasteiger partial charge in [-0.3, -0.25) is 14.5 Å². The molecule has 0 saturated carbocycles. The highest BCUT2D eigenvalue weighted by atomic mass is 32.1. The van der Waals surface area contributed by atoms with E-state index in [-0.39, 0.29) is 24.1 Å². The molecular formula is C28H28FN3O3S. The number of rotatable bonds is 10. The van der Waals surface area contributed by atoms with E-state index in [0.717, 1.165) is 5.56 Å². The molecule has 1 aliphatic rings. The zero-order chi connectivity index (χ0) is 25.5. The molecule has 0 radical (unpaired) electrons. The molecule has 1 saturated heterocycles. The number of nitrogens with one attached hydrogen (secondary N) is 1. The first-order chi connectivity index (χ1) is 17.5. The van der Waals surface area contributed by atoms with E-state index in [1.165, 1.54) is 11.0 Å². The lowest BCUT2D eigenvalue weighted by Crippen LogP contribution is -2.39. The largest absolute Gasteiger partial charge is 0.494 e. The highest BCUT2D eigenvalue weighted by Gasteiger charge is 2.43. The second-order valence-electron chi connectivity index (χ2n) is 8.45. The SMILES string of the molecule is CCOc1ccc(NC(=O)CC2C(=O)N(Cc3ccccc3)C(=S)N2CCc2ccccc2F)cc1. The first kappa shape index (κ1) is 25.3. The van der Waals surface area contributed by atoms with Crippen molar-refractivity contribution >= 4 is 34.8 Å². The van der Waals surface area contributed by atoms with Crippen LogP contribution in [-0.2, 0) is 22.6 Å². The minimum absolute atomic E-state index is 0.0747. The van der Waals surface area contributed by atoms with E-state index < -0.39 is 6.04 Å². The number of thiocarbonyl (C=S) groups is 1. The number of amides is 2. The van der Waals surface area contributed by atoms with E-state index >= 15 is 0 Å². The van der Waals surface area contributed by atoms with E-state index in [4.69, 9.17) is 17.0 Å². The Hall–Kier alpha value is -3.78. The van der Waals surface area contributed by atoms with Crippen LogP contribution < -0.4 is 10.1 Å². The Morgan fingerprint density at radius 2 is 1.72 bits per heavy atom. The van der Waals surface area contributed by atoms with Gasteiger partial charge in [0, 0.05) is 12.2 Å². The summed E-state index contributed by atoms with van der Waals surface area (Å²) >= 11 is 5.68. The maximum atomic E-state index is 14.2. The summed E-state index contributed by atoms with van der Waals surface area (Å²) in [6.45, 7) is 3.08. The van der Waals surface area contributed by atoms with E-state index in [0.29, 0.717) is 48.2 Å². The molecule has 36 heavy (non-hydrogen) atoms. The molecule has 2 amide bonds. The van der Waals surface area contributed by atoms with Crippen LogP contribution in [0.5, 0.6) is 5.75 Å². The van der Waals surface area contributed by atoms with Gasteiger partial charge >= 0.3 is 0 Å². The smallest absolute Gasteiger partial charge is 0.252 e. The van der Waals surface area contributed by atoms with Gasteiger partial charge in [-0.15, -0.1) is 0 Å². The molecule has 1 aliphatic heterocycles. The van der Waals surface area contributed by atoms with Crippen LogP contribution in [0.3, 0.4) is 0 Å². The number of anilines is 1. The van der Waals surface area contributed by atoms with Crippen molar-refractivity contribution in [1.82, 2.24) is 9.80 Å². The maximum Gasteiger partial charge on any atom is 0.252 e. The number of hydrogen-bond donors (Lipinski definition) is 1. The van der Waals surface area contributed by atoms with Gasteiger partial charge in [0.2, 0.25) is 5.91 Å². The topological polar surface area (TPSA) is 61.9 Å². The Kier molecular flexibility index (Phi) is 8.28. The van der Waals surface area contributed by atoms with Gasteiger partial charge in [0.15, 0.2) is 5.11 Å². The van der Waals surface area contributed by atoms with Crippen molar-refractivity contribution in [2.24, 2.45) is 0 Å². The molecule has 1 heterocycles. The van der Waals surface area contributed by atoms with Crippen molar-refractivity contribution in [3.05, 3.63) is 95.8 Å². The number of halogens is 1. The number of ether oxygens (including phenoxy) is 1. The summed E-state index contributed by atoms with van der Waals surface area (Å²) in [5.74, 6) is -0.139. The summed E-state index contributed by atoms with van der Waals surface area (Å²) < 4.78 is 19.7. The number of benzene rings is 3. The molecule has 0 bridgehead atoms. The van der Waals surface area contributed by atoms with E-state index in [2.05, 4.69) is 5.32 Å². The molecular weight excluding hydrogens is 477 g/mol. The lowest BCUT2D eigenvalue weighted by atomic mass is 10.1. The molecule has 0 aliphatic carbocycles. The predicted molar refractivity (Wildman–Crippen MR) is 141 cm³/mol. The molecule has 0 spiro atoms. The lowest BCUT2D eigenvalue weighted by Gasteiger charge is -2.24. The number of carbonyl (C=O) groups is 2. The highest BCUT2D eigenvalue weighted by Crippen LogP contribution is 2.25. The lowest BCUT2D eigenvalue weighted by molar-refractivity contribution is -0.131. The zero-order valence-electron chi connectivity index (χ0n) is 20.0. The van der Waals surface area contributed by atoms with E-state index in [1.54, 1.807) is 47.4 Å². The average Bonchev–Trinajstić information content (AvgIpc) is 3.09. The standard InChI is InChI=1S/C28H28FN3O3S/c1-2-35-23-14-12-22(13-15-23)30-26(33)18-25-27(34)32(19-20-8-4-3-5-9-20)28(36)31(25)17-16-21-10-6-7-11-24(21)29/h3-15,25H,2,16-19H2,1H3,(H,30,33). The molecule has 4 rings (SSSR count). The van der Waals surface area contributed by atoms with Crippen LogP contribution in [0.1, 0.15) is 24.5 Å². The quantitative estimate of drug-likeness (QED) is 0.402. The van der Waals surface area contributed by atoms with Crippen LogP contribution in [0, 0.1) is 5.82 Å². The Balaban J connectivity index is 1.49. The molecule has 186 valence electrons. The van der Waals surface area contributed by atoms with Crippen molar-refractivity contribution in [2.45, 2.75) is 32.4 Å². The Morgan fingerprint density at radius 3 is 2.42 bits per heavy atom. The fourth-order valence-electron chi connectivity index (χ4n) is 4.19. The van der Waals surface area contributed by atoms with Crippen molar-refractivity contribution in [2.75, 3.05) is 18.5 Å². The fraction of sp³-hybridized carbons (Fsp3) is 0.250. The summed E-state index contributed by atoms with van der Waals surface area (Å²) in [4.78, 5) is 29.6. The van der Waals surface area contributed by atoms with Gasteiger partial charge in [0.05, 0.1) is 19.6 Å². The summed E-state index contributed by atoms with van der Waals surface area (Å²) in [6.07, 6.45) is 0.283. The van der Waals surface area contributed by atoms with E-state index in [1.807, 2.05) is 37.3 Å². The minimum atomic E-state index is -0.768. The van der Waals surface area contributed by atoms with Gasteiger partial charge in [-0.2, -0.15) is 0 Å². The van der Waals surface area contributed by atoms with Crippen molar-refractivity contribution in [3.8, 4) is 5.75 Å². The molecule has 6 nitrogen and oxygen atoms in total. The van der Waals surface area contributed by atoms with Crippen LogP contribution in [-0.4, -0.2) is 45.9 Å². The molecule has 8 heteroatoms. The van der Waals surface area contributed by atoms with Crippen LogP contribution >= 0.6 is 12.2 Å². The number of nitrogens with zero attached hydrogens (tertiary/aromatic N) is 2. The summed E-state index contributed by atoms with van der Waals surface area (Å²) in [5, 5.41) is 3.19. The summed E-state index contributed by atoms with van der Waals surface area (Å²) in [7, 11) is 0. The van der Waals surface area contributed by atoms with Crippen molar-refractivity contribution in [3.63, 3.8) is 0 Å². The highest BCUT2D eigenvalue weighted by molar-refractivity contribution is 7.80. The summed E-state index contributed by atoms with van der Waals surface area (Å²) in [5.41, 5.74) is 2.07. The fourth-order valence-corrected chi connectivity index (χ4v) is 4.56.